The Bertz CT molecular complexity index is 1330. The Labute approximate surface area is 219 Å². The maximum absolute atomic E-state index is 13.2. The van der Waals surface area contributed by atoms with Crippen molar-refractivity contribution in [1.82, 2.24) is 20.2 Å². The molecule has 192 valence electrons. The minimum Gasteiger partial charge on any atom is -0.351 e. The Morgan fingerprint density at radius 3 is 2.73 bits per heavy atom. The summed E-state index contributed by atoms with van der Waals surface area (Å²) in [5.74, 6) is 1.07. The van der Waals surface area contributed by atoms with Crippen LogP contribution in [0.3, 0.4) is 0 Å². The minimum absolute atomic E-state index is 0.171. The van der Waals surface area contributed by atoms with Crippen molar-refractivity contribution in [2.45, 2.75) is 65.8 Å². The molecule has 7 heteroatoms. The van der Waals surface area contributed by atoms with E-state index >= 15 is 0 Å². The number of aromatic amines is 1. The average molecular weight is 497 g/mol. The number of hydrogen-bond donors (Lipinski definition) is 2. The number of aromatic nitrogens is 4. The van der Waals surface area contributed by atoms with Crippen molar-refractivity contribution < 1.29 is 4.79 Å². The highest BCUT2D eigenvalue weighted by molar-refractivity contribution is 5.95. The first kappa shape index (κ1) is 24.9. The third kappa shape index (κ3) is 4.95. The van der Waals surface area contributed by atoms with Gasteiger partial charge < -0.3 is 10.2 Å². The Morgan fingerprint density at radius 1 is 1.22 bits per heavy atom. The number of benzene rings is 1. The lowest BCUT2D eigenvalue weighted by Gasteiger charge is -2.32. The van der Waals surface area contributed by atoms with E-state index in [9.17, 15) is 4.79 Å². The molecule has 1 aromatic carbocycles. The highest BCUT2D eigenvalue weighted by Gasteiger charge is 2.39. The van der Waals surface area contributed by atoms with Crippen molar-refractivity contribution in [3.05, 3.63) is 71.4 Å². The molecule has 37 heavy (non-hydrogen) atoms. The molecule has 1 saturated carbocycles. The summed E-state index contributed by atoms with van der Waals surface area (Å²) in [6, 6.07) is 6.36. The van der Waals surface area contributed by atoms with E-state index in [2.05, 4.69) is 70.1 Å². The minimum atomic E-state index is -0.212. The molecular formula is C30H36N6O. The van der Waals surface area contributed by atoms with Crippen molar-refractivity contribution in [3.8, 4) is 0 Å². The highest BCUT2D eigenvalue weighted by atomic mass is 16.2. The summed E-state index contributed by atoms with van der Waals surface area (Å²) >= 11 is 0. The van der Waals surface area contributed by atoms with Gasteiger partial charge in [-0.15, -0.1) is 0 Å². The molecule has 0 radical (unpaired) electrons. The summed E-state index contributed by atoms with van der Waals surface area (Å²) in [4.78, 5) is 24.8. The van der Waals surface area contributed by atoms with Crippen LogP contribution in [0.5, 0.6) is 0 Å². The first-order valence-electron chi connectivity index (χ1n) is 13.3. The molecule has 3 aromatic rings. The van der Waals surface area contributed by atoms with Crippen LogP contribution in [0.15, 0.2) is 43.5 Å². The monoisotopic (exact) mass is 496 g/mol. The number of carbonyl (C=O) groups excluding carboxylic acids is 1. The van der Waals surface area contributed by atoms with Crippen LogP contribution in [0.4, 0.5) is 11.5 Å². The predicted octanol–water partition coefficient (Wildman–Crippen LogP) is 6.26. The molecule has 5 rings (SSSR count). The molecule has 3 heterocycles. The number of fused-ring (bicyclic) bond motifs is 1. The van der Waals surface area contributed by atoms with Gasteiger partial charge in [0.2, 0.25) is 5.91 Å². The zero-order chi connectivity index (χ0) is 26.0. The first-order valence-corrected chi connectivity index (χ1v) is 13.3. The highest BCUT2D eigenvalue weighted by Crippen LogP contribution is 2.42. The molecular weight excluding hydrogens is 460 g/mol. The standard InChI is InChI=1S/C30H36N6O/c1-5-30(11-6-7-12-30)29(37)35-25-9-8-22-10-13-36(18-23(22)15-25)28-26(27(20(2)3)31-19-32-28)14-21(4)24-16-33-34-17-24/h8-9,14-17,19H,2,5-7,10-13,18H2,1,3-4H3,(H,33,34)(H,35,37)/b21-14+. The Kier molecular flexibility index (Phi) is 6.96. The lowest BCUT2D eigenvalue weighted by molar-refractivity contribution is -0.125. The summed E-state index contributed by atoms with van der Waals surface area (Å²) in [5, 5.41) is 10.2. The summed E-state index contributed by atoms with van der Waals surface area (Å²) in [6.07, 6.45) is 13.5. The predicted molar refractivity (Wildman–Crippen MR) is 150 cm³/mol. The fraction of sp³-hybridized carbons (Fsp3) is 0.400. The van der Waals surface area contributed by atoms with Crippen LogP contribution in [-0.2, 0) is 17.8 Å². The van der Waals surface area contributed by atoms with Crippen molar-refractivity contribution >= 4 is 34.6 Å². The second kappa shape index (κ2) is 10.3. The van der Waals surface area contributed by atoms with Gasteiger partial charge in [-0.05, 0) is 80.0 Å². The number of amides is 1. The van der Waals surface area contributed by atoms with Gasteiger partial charge in [-0.1, -0.05) is 32.4 Å². The molecule has 2 aromatic heterocycles. The van der Waals surface area contributed by atoms with Crippen molar-refractivity contribution in [2.75, 3.05) is 16.8 Å². The fourth-order valence-electron chi connectivity index (χ4n) is 5.75. The Hall–Kier alpha value is -3.74. The normalized spacial score (nSPS) is 16.9. The summed E-state index contributed by atoms with van der Waals surface area (Å²) in [6.45, 7) is 11.9. The summed E-state index contributed by atoms with van der Waals surface area (Å²) in [5.41, 5.74) is 8.02. The van der Waals surface area contributed by atoms with Gasteiger partial charge in [0.15, 0.2) is 0 Å². The van der Waals surface area contributed by atoms with Gasteiger partial charge in [0.05, 0.1) is 11.9 Å². The number of rotatable bonds is 7. The SMILES string of the molecule is C=C(C)c1ncnc(N2CCc3ccc(NC(=O)C4(CC)CCCC4)cc3C2)c1/C=C(\C)c1cn[nH]c1. The topological polar surface area (TPSA) is 86.8 Å². The molecule has 7 nitrogen and oxygen atoms in total. The van der Waals surface area contributed by atoms with Crippen molar-refractivity contribution in [1.29, 1.82) is 0 Å². The van der Waals surface area contributed by atoms with Crippen LogP contribution in [-0.4, -0.2) is 32.6 Å². The molecule has 1 amide bonds. The van der Waals surface area contributed by atoms with Gasteiger partial charge >= 0.3 is 0 Å². The number of carbonyl (C=O) groups is 1. The van der Waals surface area contributed by atoms with Crippen LogP contribution in [0.2, 0.25) is 0 Å². The van der Waals surface area contributed by atoms with Gasteiger partial charge in [0.25, 0.3) is 0 Å². The summed E-state index contributed by atoms with van der Waals surface area (Å²) < 4.78 is 0. The van der Waals surface area contributed by atoms with Gasteiger partial charge in [0, 0.05) is 41.5 Å². The van der Waals surface area contributed by atoms with E-state index in [1.165, 1.54) is 11.1 Å². The molecule has 0 atom stereocenters. The third-order valence-electron chi connectivity index (χ3n) is 8.08. The first-order chi connectivity index (χ1) is 17.9. The maximum Gasteiger partial charge on any atom is 0.230 e. The van der Waals surface area contributed by atoms with E-state index in [4.69, 9.17) is 4.98 Å². The second-order valence-corrected chi connectivity index (χ2v) is 10.5. The number of allylic oxidation sites excluding steroid dienone is 2. The Morgan fingerprint density at radius 2 is 2.03 bits per heavy atom. The zero-order valence-corrected chi connectivity index (χ0v) is 22.1. The summed E-state index contributed by atoms with van der Waals surface area (Å²) in [7, 11) is 0. The van der Waals surface area contributed by atoms with Crippen LogP contribution >= 0.6 is 0 Å². The Balaban J connectivity index is 1.44. The van der Waals surface area contributed by atoms with Crippen LogP contribution in [0.1, 0.15) is 80.8 Å². The number of anilines is 2. The molecule has 1 fully saturated rings. The van der Waals surface area contributed by atoms with E-state index in [-0.39, 0.29) is 11.3 Å². The lowest BCUT2D eigenvalue weighted by atomic mass is 9.82. The molecule has 0 spiro atoms. The molecule has 0 unspecified atom stereocenters. The van der Waals surface area contributed by atoms with E-state index in [1.807, 2.05) is 19.3 Å². The van der Waals surface area contributed by atoms with Crippen LogP contribution in [0.25, 0.3) is 17.2 Å². The third-order valence-corrected chi connectivity index (χ3v) is 8.08. The number of H-pyrrole nitrogens is 1. The van der Waals surface area contributed by atoms with Crippen LogP contribution < -0.4 is 10.2 Å². The van der Waals surface area contributed by atoms with E-state index in [1.54, 1.807) is 6.33 Å². The average Bonchev–Trinajstić information content (AvgIpc) is 3.61. The van der Waals surface area contributed by atoms with E-state index < -0.39 is 0 Å². The molecule has 0 bridgehead atoms. The smallest absolute Gasteiger partial charge is 0.230 e. The largest absolute Gasteiger partial charge is 0.351 e. The fourth-order valence-corrected chi connectivity index (χ4v) is 5.75. The lowest BCUT2D eigenvalue weighted by Crippen LogP contribution is -2.34. The van der Waals surface area contributed by atoms with Crippen LogP contribution in [0, 0.1) is 5.41 Å². The number of hydrogen-bond acceptors (Lipinski definition) is 5. The van der Waals surface area contributed by atoms with Crippen molar-refractivity contribution in [2.24, 2.45) is 5.41 Å². The van der Waals surface area contributed by atoms with Gasteiger partial charge in [-0.3, -0.25) is 9.89 Å². The van der Waals surface area contributed by atoms with Gasteiger partial charge in [-0.2, -0.15) is 5.10 Å². The number of nitrogens with zero attached hydrogens (tertiary/aromatic N) is 4. The molecule has 1 aliphatic heterocycles. The molecule has 2 aliphatic rings. The van der Waals surface area contributed by atoms with Crippen molar-refractivity contribution in [3.63, 3.8) is 0 Å². The van der Waals surface area contributed by atoms with E-state index in [0.717, 1.165) is 91.1 Å². The maximum atomic E-state index is 13.2. The number of nitrogens with one attached hydrogen (secondary N) is 2. The molecule has 2 N–H and O–H groups in total. The quantitative estimate of drug-likeness (QED) is 0.403. The molecule has 1 aliphatic carbocycles. The van der Waals surface area contributed by atoms with E-state index in [0.29, 0.717) is 0 Å². The zero-order valence-electron chi connectivity index (χ0n) is 22.1. The van der Waals surface area contributed by atoms with Gasteiger partial charge in [-0.25, -0.2) is 9.97 Å². The second-order valence-electron chi connectivity index (χ2n) is 10.5. The van der Waals surface area contributed by atoms with Gasteiger partial charge in [0.1, 0.15) is 12.1 Å². The molecule has 0 saturated heterocycles.